The van der Waals surface area contributed by atoms with E-state index in [1.54, 1.807) is 0 Å². The zero-order valence-electron chi connectivity index (χ0n) is 8.25. The predicted molar refractivity (Wildman–Crippen MR) is 55.1 cm³/mol. The Morgan fingerprint density at radius 3 is 2.54 bits per heavy atom. The molecule has 0 aliphatic carbocycles. The molecule has 0 saturated carbocycles. The van der Waals surface area contributed by atoms with Crippen LogP contribution in [0.25, 0.3) is 0 Å². The summed E-state index contributed by atoms with van der Waals surface area (Å²) in [5.74, 6) is -0.0406. The van der Waals surface area contributed by atoms with Crippen LogP contribution in [0, 0.1) is 0 Å². The van der Waals surface area contributed by atoms with Crippen molar-refractivity contribution in [3.8, 4) is 0 Å². The first-order valence-corrected chi connectivity index (χ1v) is 5.20. The zero-order chi connectivity index (χ0) is 9.90. The molecule has 0 spiro atoms. The second-order valence-corrected chi connectivity index (χ2v) is 4.20. The van der Waals surface area contributed by atoms with Crippen molar-refractivity contribution in [1.82, 2.24) is 4.90 Å². The first-order chi connectivity index (χ1) is 6.06. The van der Waals surface area contributed by atoms with Gasteiger partial charge in [-0.05, 0) is 26.8 Å². The minimum absolute atomic E-state index is 0.172. The molecule has 76 valence electrons. The van der Waals surface area contributed by atoms with Gasteiger partial charge in [0.15, 0.2) is 0 Å². The Balaban J connectivity index is 2.43. The number of nitrogens with zero attached hydrogens (tertiary/aromatic N) is 1. The van der Waals surface area contributed by atoms with Crippen LogP contribution in [0.3, 0.4) is 0 Å². The van der Waals surface area contributed by atoms with E-state index in [0.717, 1.165) is 25.9 Å². The van der Waals surface area contributed by atoms with Gasteiger partial charge in [0.05, 0.1) is 5.75 Å². The summed E-state index contributed by atoms with van der Waals surface area (Å²) in [6, 6.07) is 0. The van der Waals surface area contributed by atoms with Crippen LogP contribution in [-0.4, -0.2) is 42.4 Å². The Hall–Kier alpha value is -0.220. The number of hydrogen-bond donors (Lipinski definition) is 1. The van der Waals surface area contributed by atoms with Gasteiger partial charge in [0.1, 0.15) is 5.60 Å². The van der Waals surface area contributed by atoms with Gasteiger partial charge in [-0.15, -0.1) is 0 Å². The molecule has 1 aliphatic heterocycles. The van der Waals surface area contributed by atoms with Crippen LogP contribution in [0.4, 0.5) is 0 Å². The molecule has 0 aromatic carbocycles. The van der Waals surface area contributed by atoms with Crippen molar-refractivity contribution in [1.29, 1.82) is 0 Å². The van der Waals surface area contributed by atoms with Crippen LogP contribution >= 0.6 is 12.6 Å². The number of rotatable bonds is 2. The molecule has 0 radical (unpaired) electrons. The summed E-state index contributed by atoms with van der Waals surface area (Å²) in [6.07, 6.45) is 1.84. The summed E-state index contributed by atoms with van der Waals surface area (Å²) < 4.78 is 5.33. The third-order valence-corrected chi connectivity index (χ3v) is 2.79. The zero-order valence-corrected chi connectivity index (χ0v) is 9.14. The number of ether oxygens (including phenoxy) is 1. The third kappa shape index (κ3) is 3.19. The lowest BCUT2D eigenvalue weighted by molar-refractivity contribution is -0.158. The third-order valence-electron chi connectivity index (χ3n) is 2.53. The van der Waals surface area contributed by atoms with E-state index in [2.05, 4.69) is 24.6 Å². The maximum Gasteiger partial charge on any atom is 0.316 e. The van der Waals surface area contributed by atoms with Crippen LogP contribution in [0.2, 0.25) is 0 Å². The highest BCUT2D eigenvalue weighted by molar-refractivity contribution is 7.81. The lowest BCUT2D eigenvalue weighted by Crippen LogP contribution is -2.43. The summed E-state index contributed by atoms with van der Waals surface area (Å²) >= 11 is 3.89. The first kappa shape index (κ1) is 10.9. The molecular formula is C9H17NO2S. The predicted octanol–water partition coefficient (Wildman–Crippen LogP) is 0.944. The highest BCUT2D eigenvalue weighted by Crippen LogP contribution is 2.25. The maximum atomic E-state index is 11.1. The largest absolute Gasteiger partial charge is 0.459 e. The van der Waals surface area contributed by atoms with Crippen LogP contribution < -0.4 is 0 Å². The molecule has 0 bridgehead atoms. The quantitative estimate of drug-likeness (QED) is 0.535. The van der Waals surface area contributed by atoms with Crippen molar-refractivity contribution < 1.29 is 9.53 Å². The van der Waals surface area contributed by atoms with Gasteiger partial charge in [0, 0.05) is 13.1 Å². The Kier molecular flexibility index (Phi) is 3.62. The van der Waals surface area contributed by atoms with Crippen molar-refractivity contribution in [2.24, 2.45) is 0 Å². The first-order valence-electron chi connectivity index (χ1n) is 4.57. The molecule has 0 N–H and O–H groups in total. The second-order valence-electron chi connectivity index (χ2n) is 3.89. The molecule has 13 heavy (non-hydrogen) atoms. The summed E-state index contributed by atoms with van der Waals surface area (Å²) in [7, 11) is 2.08. The van der Waals surface area contributed by atoms with Crippen LogP contribution in [-0.2, 0) is 9.53 Å². The van der Waals surface area contributed by atoms with Gasteiger partial charge in [-0.1, -0.05) is 0 Å². The van der Waals surface area contributed by atoms with Crippen molar-refractivity contribution in [2.45, 2.75) is 25.4 Å². The highest BCUT2D eigenvalue weighted by atomic mass is 32.1. The molecule has 1 aliphatic rings. The number of esters is 1. The fraction of sp³-hybridized carbons (Fsp3) is 0.889. The summed E-state index contributed by atoms with van der Waals surface area (Å²) in [6.45, 7) is 3.99. The Labute approximate surface area is 84.8 Å². The number of piperidine rings is 1. The van der Waals surface area contributed by atoms with E-state index in [-0.39, 0.29) is 17.3 Å². The van der Waals surface area contributed by atoms with Crippen LogP contribution in [0.15, 0.2) is 0 Å². The SMILES string of the molecule is CN1CCC(C)(OC(=O)CS)CC1. The smallest absolute Gasteiger partial charge is 0.316 e. The molecule has 1 saturated heterocycles. The Bertz CT molecular complexity index is 188. The van der Waals surface area contributed by atoms with Crippen LogP contribution in [0.1, 0.15) is 19.8 Å². The number of carbonyl (C=O) groups is 1. The van der Waals surface area contributed by atoms with E-state index in [0.29, 0.717) is 0 Å². The molecule has 3 nitrogen and oxygen atoms in total. The minimum atomic E-state index is -0.258. The molecule has 0 atom stereocenters. The minimum Gasteiger partial charge on any atom is -0.459 e. The van der Waals surface area contributed by atoms with E-state index in [9.17, 15) is 4.79 Å². The summed E-state index contributed by atoms with van der Waals surface area (Å²) in [4.78, 5) is 13.3. The van der Waals surface area contributed by atoms with Gasteiger partial charge in [-0.3, -0.25) is 4.79 Å². The molecule has 0 unspecified atom stereocenters. The number of thiol groups is 1. The number of likely N-dealkylation sites (tertiary alicyclic amines) is 1. The molecule has 4 heteroatoms. The van der Waals surface area contributed by atoms with E-state index < -0.39 is 0 Å². The van der Waals surface area contributed by atoms with Gasteiger partial charge in [-0.2, -0.15) is 12.6 Å². The van der Waals surface area contributed by atoms with Crippen molar-refractivity contribution >= 4 is 18.6 Å². The average Bonchev–Trinajstić information content (AvgIpc) is 2.10. The number of hydrogen-bond acceptors (Lipinski definition) is 4. The van der Waals surface area contributed by atoms with Gasteiger partial charge in [-0.25, -0.2) is 0 Å². The average molecular weight is 203 g/mol. The maximum absolute atomic E-state index is 11.1. The van der Waals surface area contributed by atoms with Crippen molar-refractivity contribution in [3.63, 3.8) is 0 Å². The molecular weight excluding hydrogens is 186 g/mol. The highest BCUT2D eigenvalue weighted by Gasteiger charge is 2.31. The Morgan fingerprint density at radius 1 is 1.54 bits per heavy atom. The number of carbonyl (C=O) groups excluding carboxylic acids is 1. The van der Waals surface area contributed by atoms with Gasteiger partial charge in [0.2, 0.25) is 0 Å². The van der Waals surface area contributed by atoms with Crippen molar-refractivity contribution in [2.75, 3.05) is 25.9 Å². The van der Waals surface area contributed by atoms with Gasteiger partial charge < -0.3 is 9.64 Å². The normalized spacial score (nSPS) is 22.7. The fourth-order valence-electron chi connectivity index (χ4n) is 1.50. The van der Waals surface area contributed by atoms with E-state index in [1.807, 2.05) is 6.92 Å². The van der Waals surface area contributed by atoms with E-state index >= 15 is 0 Å². The topological polar surface area (TPSA) is 29.5 Å². The standard InChI is InChI=1S/C9H17NO2S/c1-9(12-8(11)7-13)3-5-10(2)6-4-9/h13H,3-7H2,1-2H3. The fourth-order valence-corrected chi connectivity index (χ4v) is 1.57. The summed E-state index contributed by atoms with van der Waals surface area (Å²) in [5, 5.41) is 0. The lowest BCUT2D eigenvalue weighted by atomic mass is 9.94. The van der Waals surface area contributed by atoms with E-state index in [1.165, 1.54) is 0 Å². The lowest BCUT2D eigenvalue weighted by Gasteiger charge is -2.37. The summed E-state index contributed by atoms with van der Waals surface area (Å²) in [5.41, 5.74) is -0.258. The molecule has 1 fully saturated rings. The van der Waals surface area contributed by atoms with Gasteiger partial charge in [0.25, 0.3) is 0 Å². The van der Waals surface area contributed by atoms with Gasteiger partial charge >= 0.3 is 5.97 Å². The molecule has 0 aromatic heterocycles. The van der Waals surface area contributed by atoms with Crippen LogP contribution in [0.5, 0.6) is 0 Å². The van der Waals surface area contributed by atoms with Crippen molar-refractivity contribution in [3.05, 3.63) is 0 Å². The van der Waals surface area contributed by atoms with E-state index in [4.69, 9.17) is 4.74 Å². The molecule has 0 amide bonds. The molecule has 1 rings (SSSR count). The molecule has 1 heterocycles. The molecule has 0 aromatic rings. The second kappa shape index (κ2) is 4.33. The monoisotopic (exact) mass is 203 g/mol. The Morgan fingerprint density at radius 2 is 2.08 bits per heavy atom.